The lowest BCUT2D eigenvalue weighted by Gasteiger charge is -2.03. The van der Waals surface area contributed by atoms with E-state index >= 15 is 0 Å². The van der Waals surface area contributed by atoms with Gasteiger partial charge in [0, 0.05) is 13.3 Å². The summed E-state index contributed by atoms with van der Waals surface area (Å²) >= 11 is 0. The SMILES string of the molecule is CCCCn1c(CCC(=O)OC)c[n+](CCCC)c1C. The number of carbonyl (C=O) groups is 1. The average Bonchev–Trinajstić information content (AvgIpc) is 2.76. The topological polar surface area (TPSA) is 35.1 Å². The highest BCUT2D eigenvalue weighted by atomic mass is 16.5. The fourth-order valence-corrected chi connectivity index (χ4v) is 2.41. The normalized spacial score (nSPS) is 10.8. The number of hydrogen-bond acceptors (Lipinski definition) is 2. The lowest BCUT2D eigenvalue weighted by atomic mass is 10.2. The van der Waals surface area contributed by atoms with Crippen molar-refractivity contribution in [3.63, 3.8) is 0 Å². The van der Waals surface area contributed by atoms with Gasteiger partial charge in [-0.3, -0.25) is 4.79 Å². The summed E-state index contributed by atoms with van der Waals surface area (Å²) in [4.78, 5) is 11.3. The molecule has 0 unspecified atom stereocenters. The number of ether oxygens (including phenoxy) is 1. The number of methoxy groups -OCH3 is 1. The van der Waals surface area contributed by atoms with Crippen LogP contribution in [0.15, 0.2) is 6.20 Å². The van der Waals surface area contributed by atoms with Crippen molar-refractivity contribution in [1.82, 2.24) is 4.57 Å². The predicted molar refractivity (Wildman–Crippen MR) is 79.5 cm³/mol. The van der Waals surface area contributed by atoms with Gasteiger partial charge in [-0.25, -0.2) is 9.13 Å². The molecule has 4 nitrogen and oxygen atoms in total. The van der Waals surface area contributed by atoms with Crippen LogP contribution in [0.2, 0.25) is 0 Å². The fraction of sp³-hybridized carbons (Fsp3) is 0.750. The van der Waals surface area contributed by atoms with Crippen molar-refractivity contribution in [1.29, 1.82) is 0 Å². The van der Waals surface area contributed by atoms with Gasteiger partial charge in [0.2, 0.25) is 0 Å². The Morgan fingerprint density at radius 3 is 2.60 bits per heavy atom. The van der Waals surface area contributed by atoms with E-state index in [1.807, 2.05) is 0 Å². The maximum absolute atomic E-state index is 11.3. The van der Waals surface area contributed by atoms with E-state index in [0.717, 1.165) is 19.5 Å². The zero-order valence-corrected chi connectivity index (χ0v) is 13.4. The number of esters is 1. The van der Waals surface area contributed by atoms with E-state index < -0.39 is 0 Å². The van der Waals surface area contributed by atoms with Crippen molar-refractivity contribution in [2.45, 2.75) is 72.4 Å². The molecule has 0 fully saturated rings. The standard InChI is InChI=1S/C16H29N2O2/c1-5-7-11-17-13-15(9-10-16(19)20-4)18(14(17)3)12-8-6-2/h13H,5-12H2,1-4H3/q+1. The fourth-order valence-electron chi connectivity index (χ4n) is 2.41. The Bertz CT molecular complexity index is 424. The lowest BCUT2D eigenvalue weighted by Crippen LogP contribution is -2.35. The van der Waals surface area contributed by atoms with Crippen LogP contribution in [0.5, 0.6) is 0 Å². The molecule has 0 N–H and O–H groups in total. The van der Waals surface area contributed by atoms with Gasteiger partial charge in [0.25, 0.3) is 5.82 Å². The third kappa shape index (κ3) is 4.66. The first-order chi connectivity index (χ1) is 9.63. The summed E-state index contributed by atoms with van der Waals surface area (Å²) in [6.07, 6.45) is 8.18. The van der Waals surface area contributed by atoms with Crippen LogP contribution in [-0.4, -0.2) is 17.6 Å². The first kappa shape index (κ1) is 16.7. The van der Waals surface area contributed by atoms with Crippen molar-refractivity contribution in [3.05, 3.63) is 17.7 Å². The van der Waals surface area contributed by atoms with Gasteiger partial charge in [0.15, 0.2) is 0 Å². The molecule has 1 heterocycles. The number of rotatable bonds is 9. The Hall–Kier alpha value is -1.32. The maximum Gasteiger partial charge on any atom is 0.305 e. The number of unbranched alkanes of at least 4 members (excludes halogenated alkanes) is 2. The summed E-state index contributed by atoms with van der Waals surface area (Å²) < 4.78 is 9.43. The van der Waals surface area contributed by atoms with E-state index in [-0.39, 0.29) is 5.97 Å². The quantitative estimate of drug-likeness (QED) is 0.515. The van der Waals surface area contributed by atoms with Crippen molar-refractivity contribution in [3.8, 4) is 0 Å². The molecule has 4 heteroatoms. The van der Waals surface area contributed by atoms with E-state index in [4.69, 9.17) is 4.74 Å². The average molecular weight is 281 g/mol. The molecule has 0 bridgehead atoms. The zero-order chi connectivity index (χ0) is 15.0. The van der Waals surface area contributed by atoms with Gasteiger partial charge in [0.05, 0.1) is 26.6 Å². The largest absolute Gasteiger partial charge is 0.469 e. The van der Waals surface area contributed by atoms with Crippen LogP contribution in [0.25, 0.3) is 0 Å². The summed E-state index contributed by atoms with van der Waals surface area (Å²) in [7, 11) is 1.45. The number of imidazole rings is 1. The summed E-state index contributed by atoms with van der Waals surface area (Å²) in [5.41, 5.74) is 1.25. The molecule has 20 heavy (non-hydrogen) atoms. The minimum Gasteiger partial charge on any atom is -0.469 e. The molecular weight excluding hydrogens is 252 g/mol. The van der Waals surface area contributed by atoms with Gasteiger partial charge in [-0.05, 0) is 12.8 Å². The van der Waals surface area contributed by atoms with Gasteiger partial charge in [-0.15, -0.1) is 0 Å². The number of aromatic nitrogens is 2. The van der Waals surface area contributed by atoms with Gasteiger partial charge in [-0.1, -0.05) is 26.7 Å². The zero-order valence-electron chi connectivity index (χ0n) is 13.4. The second kappa shape index (κ2) is 8.77. The lowest BCUT2D eigenvalue weighted by molar-refractivity contribution is -0.703. The second-order valence-corrected chi connectivity index (χ2v) is 5.30. The summed E-state index contributed by atoms with van der Waals surface area (Å²) in [5.74, 6) is 1.16. The minimum atomic E-state index is -0.133. The molecule has 0 saturated carbocycles. The molecular formula is C16H29N2O2+. The van der Waals surface area contributed by atoms with E-state index in [0.29, 0.717) is 6.42 Å². The van der Waals surface area contributed by atoms with E-state index in [2.05, 4.69) is 36.1 Å². The van der Waals surface area contributed by atoms with Gasteiger partial charge < -0.3 is 4.74 Å². The summed E-state index contributed by atoms with van der Waals surface area (Å²) in [6.45, 7) is 8.69. The molecule has 114 valence electrons. The molecule has 0 spiro atoms. The van der Waals surface area contributed by atoms with Crippen molar-refractivity contribution < 1.29 is 14.1 Å². The molecule has 0 saturated heterocycles. The molecule has 1 rings (SSSR count). The maximum atomic E-state index is 11.3. The van der Waals surface area contributed by atoms with Crippen LogP contribution in [0.1, 0.15) is 57.5 Å². The summed E-state index contributed by atoms with van der Waals surface area (Å²) in [6, 6.07) is 0. The molecule has 0 atom stereocenters. The van der Waals surface area contributed by atoms with E-state index in [1.165, 1.54) is 44.3 Å². The van der Waals surface area contributed by atoms with Crippen LogP contribution in [0.4, 0.5) is 0 Å². The van der Waals surface area contributed by atoms with Gasteiger partial charge in [-0.2, -0.15) is 0 Å². The van der Waals surface area contributed by atoms with Gasteiger partial charge in [0.1, 0.15) is 11.9 Å². The highest BCUT2D eigenvalue weighted by Gasteiger charge is 2.19. The number of hydrogen-bond donors (Lipinski definition) is 0. The molecule has 1 aromatic heterocycles. The Labute approximate surface area is 122 Å². The monoisotopic (exact) mass is 281 g/mol. The second-order valence-electron chi connectivity index (χ2n) is 5.30. The third-order valence-electron chi connectivity index (χ3n) is 3.76. The van der Waals surface area contributed by atoms with Crippen molar-refractivity contribution >= 4 is 5.97 Å². The minimum absolute atomic E-state index is 0.133. The third-order valence-corrected chi connectivity index (χ3v) is 3.76. The predicted octanol–water partition coefficient (Wildman–Crippen LogP) is 2.79. The van der Waals surface area contributed by atoms with Crippen molar-refractivity contribution in [2.75, 3.05) is 7.11 Å². The Balaban J connectivity index is 2.84. The van der Waals surface area contributed by atoms with Crippen molar-refractivity contribution in [2.24, 2.45) is 0 Å². The first-order valence-electron chi connectivity index (χ1n) is 7.79. The molecule has 0 radical (unpaired) electrons. The highest BCUT2D eigenvalue weighted by Crippen LogP contribution is 2.09. The van der Waals surface area contributed by atoms with E-state index in [9.17, 15) is 4.79 Å². The van der Waals surface area contributed by atoms with Crippen LogP contribution in [0, 0.1) is 6.92 Å². The highest BCUT2D eigenvalue weighted by molar-refractivity contribution is 5.69. The molecule has 0 aliphatic carbocycles. The Morgan fingerprint density at radius 2 is 2.00 bits per heavy atom. The number of carbonyl (C=O) groups excluding carboxylic acids is 1. The Morgan fingerprint density at radius 1 is 1.30 bits per heavy atom. The van der Waals surface area contributed by atoms with Gasteiger partial charge >= 0.3 is 5.97 Å². The number of aryl methyl sites for hydroxylation is 2. The molecule has 0 amide bonds. The molecule has 0 aliphatic heterocycles. The van der Waals surface area contributed by atoms with Crippen LogP contribution < -0.4 is 4.57 Å². The Kier molecular flexibility index (Phi) is 7.34. The number of nitrogens with zero attached hydrogens (tertiary/aromatic N) is 2. The summed E-state index contributed by atoms with van der Waals surface area (Å²) in [5, 5.41) is 0. The molecule has 0 aliphatic rings. The molecule has 1 aromatic rings. The van der Waals surface area contributed by atoms with Crippen LogP contribution in [0.3, 0.4) is 0 Å². The van der Waals surface area contributed by atoms with Crippen LogP contribution >= 0.6 is 0 Å². The van der Waals surface area contributed by atoms with Crippen LogP contribution in [-0.2, 0) is 29.0 Å². The first-order valence-corrected chi connectivity index (χ1v) is 7.79. The van der Waals surface area contributed by atoms with E-state index in [1.54, 1.807) is 0 Å². The smallest absolute Gasteiger partial charge is 0.305 e. The molecule has 0 aromatic carbocycles.